The molecule has 2 rings (SSSR count). The molecule has 19 heavy (non-hydrogen) atoms. The number of hydrogen-bond acceptors (Lipinski definition) is 3. The molecule has 0 atom stereocenters. The number of fused-ring (bicyclic) bond motifs is 1. The van der Waals surface area contributed by atoms with Crippen molar-refractivity contribution in [3.05, 3.63) is 47.2 Å². The molecule has 0 spiro atoms. The summed E-state index contributed by atoms with van der Waals surface area (Å²) in [5.41, 5.74) is -4.04. The van der Waals surface area contributed by atoms with Crippen LogP contribution in [0.2, 0.25) is 0 Å². The van der Waals surface area contributed by atoms with E-state index in [4.69, 9.17) is 0 Å². The first-order valence-electron chi connectivity index (χ1n) is 5.26. The number of hydrogen-bond donors (Lipinski definition) is 0. The summed E-state index contributed by atoms with van der Waals surface area (Å²) in [6, 6.07) is 6.90. The standard InChI is InChI=1S/C12H9F3O3S/c13-12(14,15)19(16,17)18-11-7-3-6-9-4-1-2-5-10(9)8-11/h1-6,8H,7H2. The number of alkyl halides is 3. The zero-order valence-corrected chi connectivity index (χ0v) is 10.3. The topological polar surface area (TPSA) is 43.4 Å². The van der Waals surface area contributed by atoms with E-state index in [1.54, 1.807) is 36.4 Å². The Balaban J connectivity index is 2.34. The summed E-state index contributed by atoms with van der Waals surface area (Å²) in [6.45, 7) is 0. The summed E-state index contributed by atoms with van der Waals surface area (Å²) >= 11 is 0. The van der Waals surface area contributed by atoms with Gasteiger partial charge in [0.1, 0.15) is 5.76 Å². The van der Waals surface area contributed by atoms with Gasteiger partial charge in [-0.1, -0.05) is 36.4 Å². The normalized spacial score (nSPS) is 15.4. The van der Waals surface area contributed by atoms with E-state index in [0.717, 1.165) is 5.56 Å². The van der Waals surface area contributed by atoms with Gasteiger partial charge in [-0.25, -0.2) is 0 Å². The lowest BCUT2D eigenvalue weighted by atomic mass is 10.1. The van der Waals surface area contributed by atoms with Gasteiger partial charge in [-0.15, -0.1) is 0 Å². The maximum Gasteiger partial charge on any atom is 0.534 e. The van der Waals surface area contributed by atoms with Crippen molar-refractivity contribution in [3.63, 3.8) is 0 Å². The van der Waals surface area contributed by atoms with E-state index in [1.165, 1.54) is 6.08 Å². The molecule has 1 aliphatic carbocycles. The molecule has 0 aromatic heterocycles. The van der Waals surface area contributed by atoms with Crippen molar-refractivity contribution in [1.82, 2.24) is 0 Å². The molecule has 0 unspecified atom stereocenters. The molecule has 0 heterocycles. The molecule has 3 nitrogen and oxygen atoms in total. The van der Waals surface area contributed by atoms with Gasteiger partial charge in [0.2, 0.25) is 0 Å². The molecule has 1 aromatic rings. The minimum absolute atomic E-state index is 0.0238. The molecule has 0 fully saturated rings. The summed E-state index contributed by atoms with van der Waals surface area (Å²) in [5.74, 6) is -0.265. The van der Waals surface area contributed by atoms with Crippen molar-refractivity contribution in [2.24, 2.45) is 0 Å². The SMILES string of the molecule is O=S(=O)(OC1=Cc2ccccc2C=CC1)C(F)(F)F. The van der Waals surface area contributed by atoms with E-state index in [0.29, 0.717) is 5.56 Å². The van der Waals surface area contributed by atoms with Crippen LogP contribution in [0.3, 0.4) is 0 Å². The lowest BCUT2D eigenvalue weighted by Gasteiger charge is -2.11. The Bertz CT molecular complexity index is 642. The molecule has 0 bridgehead atoms. The second kappa shape index (κ2) is 4.73. The Morgan fingerprint density at radius 2 is 1.74 bits per heavy atom. The third-order valence-corrected chi connectivity index (χ3v) is 3.43. The summed E-state index contributed by atoms with van der Waals surface area (Å²) < 4.78 is 62.7. The highest BCUT2D eigenvalue weighted by molar-refractivity contribution is 7.87. The third kappa shape index (κ3) is 2.98. The zero-order chi connectivity index (χ0) is 14.1. The van der Waals surface area contributed by atoms with E-state index in [-0.39, 0.29) is 12.2 Å². The number of benzene rings is 1. The lowest BCUT2D eigenvalue weighted by Crippen LogP contribution is -2.25. The second-order valence-corrected chi connectivity index (χ2v) is 5.37. The Morgan fingerprint density at radius 1 is 1.11 bits per heavy atom. The highest BCUT2D eigenvalue weighted by Crippen LogP contribution is 2.29. The van der Waals surface area contributed by atoms with E-state index >= 15 is 0 Å². The predicted octanol–water partition coefficient (Wildman–Crippen LogP) is 3.31. The molecule has 0 aliphatic heterocycles. The summed E-state index contributed by atoms with van der Waals surface area (Å²) in [5, 5.41) is 0. The van der Waals surface area contributed by atoms with Gasteiger partial charge in [0.25, 0.3) is 0 Å². The molecule has 0 amide bonds. The van der Waals surface area contributed by atoms with Crippen LogP contribution in [0.25, 0.3) is 12.2 Å². The van der Waals surface area contributed by atoms with Gasteiger partial charge in [-0.2, -0.15) is 21.6 Å². The molecule has 1 aliphatic rings. The predicted molar refractivity (Wildman–Crippen MR) is 64.1 cm³/mol. The monoisotopic (exact) mass is 290 g/mol. The van der Waals surface area contributed by atoms with Crippen LogP contribution in [0.15, 0.2) is 36.1 Å². The van der Waals surface area contributed by atoms with E-state index in [2.05, 4.69) is 4.18 Å². The van der Waals surface area contributed by atoms with Crippen molar-refractivity contribution in [2.45, 2.75) is 11.9 Å². The van der Waals surface area contributed by atoms with Gasteiger partial charge < -0.3 is 4.18 Å². The first-order valence-corrected chi connectivity index (χ1v) is 6.67. The van der Waals surface area contributed by atoms with E-state index in [1.807, 2.05) is 0 Å². The van der Waals surface area contributed by atoms with Crippen LogP contribution in [0.1, 0.15) is 17.5 Å². The van der Waals surface area contributed by atoms with Crippen LogP contribution in [0.4, 0.5) is 13.2 Å². The number of halogens is 3. The smallest absolute Gasteiger partial charge is 0.380 e. The number of rotatable bonds is 2. The van der Waals surface area contributed by atoms with E-state index in [9.17, 15) is 21.6 Å². The van der Waals surface area contributed by atoms with Crippen molar-refractivity contribution in [1.29, 1.82) is 0 Å². The van der Waals surface area contributed by atoms with Gasteiger partial charge in [0, 0.05) is 6.42 Å². The molecule has 0 saturated heterocycles. The Hall–Kier alpha value is -1.76. The van der Waals surface area contributed by atoms with Crippen molar-refractivity contribution in [2.75, 3.05) is 0 Å². The Morgan fingerprint density at radius 3 is 2.37 bits per heavy atom. The van der Waals surface area contributed by atoms with Crippen molar-refractivity contribution < 1.29 is 25.8 Å². The molecule has 1 aromatic carbocycles. The highest BCUT2D eigenvalue weighted by atomic mass is 32.2. The van der Waals surface area contributed by atoms with Crippen LogP contribution in [-0.4, -0.2) is 13.9 Å². The van der Waals surface area contributed by atoms with Gasteiger partial charge in [-0.3, -0.25) is 0 Å². The molecule has 0 N–H and O–H groups in total. The first-order chi connectivity index (χ1) is 8.79. The summed E-state index contributed by atoms with van der Waals surface area (Å²) in [6.07, 6.45) is 4.51. The summed E-state index contributed by atoms with van der Waals surface area (Å²) in [7, 11) is -5.62. The minimum Gasteiger partial charge on any atom is -0.380 e. The zero-order valence-electron chi connectivity index (χ0n) is 9.52. The maximum absolute atomic E-state index is 12.2. The van der Waals surface area contributed by atoms with Gasteiger partial charge in [0.05, 0.1) is 0 Å². The Kier molecular flexibility index (Phi) is 3.40. The molecular formula is C12H9F3O3S. The van der Waals surface area contributed by atoms with Crippen molar-refractivity contribution in [3.8, 4) is 0 Å². The number of allylic oxidation sites excluding steroid dienone is 1. The molecule has 7 heteroatoms. The summed E-state index contributed by atoms with van der Waals surface area (Å²) in [4.78, 5) is 0. The van der Waals surface area contributed by atoms with Gasteiger partial charge >= 0.3 is 15.6 Å². The average Bonchev–Trinajstić information content (AvgIpc) is 2.48. The van der Waals surface area contributed by atoms with Crippen LogP contribution in [0, 0.1) is 0 Å². The van der Waals surface area contributed by atoms with Crippen LogP contribution < -0.4 is 0 Å². The third-order valence-electron chi connectivity index (χ3n) is 2.43. The van der Waals surface area contributed by atoms with Gasteiger partial charge in [0.15, 0.2) is 0 Å². The molecular weight excluding hydrogens is 281 g/mol. The van der Waals surface area contributed by atoms with Crippen LogP contribution in [-0.2, 0) is 14.3 Å². The maximum atomic E-state index is 12.2. The van der Waals surface area contributed by atoms with E-state index < -0.39 is 15.6 Å². The molecule has 0 saturated carbocycles. The second-order valence-electron chi connectivity index (χ2n) is 3.83. The first kappa shape index (κ1) is 13.7. The Labute approximate surface area is 108 Å². The van der Waals surface area contributed by atoms with Crippen LogP contribution >= 0.6 is 0 Å². The quantitative estimate of drug-likeness (QED) is 0.620. The van der Waals surface area contributed by atoms with Crippen molar-refractivity contribution >= 4 is 22.3 Å². The lowest BCUT2D eigenvalue weighted by molar-refractivity contribution is -0.0522. The fourth-order valence-corrected chi connectivity index (χ4v) is 2.07. The molecule has 0 radical (unpaired) electrons. The minimum atomic E-state index is -5.62. The fourth-order valence-electron chi connectivity index (χ4n) is 1.57. The van der Waals surface area contributed by atoms with Crippen LogP contribution in [0.5, 0.6) is 0 Å². The average molecular weight is 290 g/mol. The fraction of sp³-hybridized carbons (Fsp3) is 0.167. The highest BCUT2D eigenvalue weighted by Gasteiger charge is 2.48. The largest absolute Gasteiger partial charge is 0.534 e. The van der Waals surface area contributed by atoms with Gasteiger partial charge in [-0.05, 0) is 17.2 Å². The molecule has 102 valence electrons.